The summed E-state index contributed by atoms with van der Waals surface area (Å²) in [6, 6.07) is 6.46. The maximum absolute atomic E-state index is 10.6. The number of benzene rings is 1. The van der Waals surface area contributed by atoms with Gasteiger partial charge in [-0.1, -0.05) is 12.1 Å². The van der Waals surface area contributed by atoms with Gasteiger partial charge in [0.1, 0.15) is 0 Å². The predicted octanol–water partition coefficient (Wildman–Crippen LogP) is -0.116. The van der Waals surface area contributed by atoms with Gasteiger partial charge in [-0.25, -0.2) is 5.14 Å². The van der Waals surface area contributed by atoms with Crippen molar-refractivity contribution in [2.45, 2.75) is 0 Å². The molecule has 1 aromatic rings. The van der Waals surface area contributed by atoms with E-state index in [4.69, 9.17) is 10.9 Å². The number of nitrogens with one attached hydrogen (secondary N) is 1. The third-order valence-corrected chi connectivity index (χ3v) is 1.72. The van der Waals surface area contributed by atoms with Gasteiger partial charge in [0.25, 0.3) is 10.2 Å². The van der Waals surface area contributed by atoms with E-state index in [0.717, 1.165) is 0 Å². The summed E-state index contributed by atoms with van der Waals surface area (Å²) in [5.41, 5.74) is 6.08. The minimum Gasteiger partial charge on any atom is -0.397 e. The lowest BCUT2D eigenvalue weighted by Gasteiger charge is -2.05. The van der Waals surface area contributed by atoms with Gasteiger partial charge in [0.2, 0.25) is 0 Å². The van der Waals surface area contributed by atoms with Crippen molar-refractivity contribution in [3.8, 4) is 0 Å². The molecule has 5 N–H and O–H groups in total. The number of nitrogen functional groups attached to an aromatic ring is 1. The van der Waals surface area contributed by atoms with E-state index >= 15 is 0 Å². The molecule has 0 aliphatic carbocycles. The van der Waals surface area contributed by atoms with Crippen LogP contribution < -0.4 is 15.6 Å². The zero-order valence-electron chi connectivity index (χ0n) is 6.19. The van der Waals surface area contributed by atoms with Crippen LogP contribution in [0.25, 0.3) is 0 Å². The van der Waals surface area contributed by atoms with Crippen molar-refractivity contribution in [1.29, 1.82) is 0 Å². The fraction of sp³-hybridized carbons (Fsp3) is 0. The third-order valence-electron chi connectivity index (χ3n) is 1.21. The highest BCUT2D eigenvalue weighted by atomic mass is 32.2. The first-order valence-corrected chi connectivity index (χ1v) is 4.69. The molecule has 0 radical (unpaired) electrons. The smallest absolute Gasteiger partial charge is 0.296 e. The fourth-order valence-electron chi connectivity index (χ4n) is 0.743. The molecule has 0 unspecified atom stereocenters. The second kappa shape index (κ2) is 3.00. The Morgan fingerprint density at radius 1 is 1.25 bits per heavy atom. The molecule has 1 rings (SSSR count). The fourth-order valence-corrected chi connectivity index (χ4v) is 1.24. The molecule has 0 atom stereocenters. The summed E-state index contributed by atoms with van der Waals surface area (Å²) in [5.74, 6) is 0. The number of anilines is 2. The second-order valence-electron chi connectivity index (χ2n) is 2.23. The maximum Gasteiger partial charge on any atom is 0.296 e. The van der Waals surface area contributed by atoms with Crippen LogP contribution in [0.15, 0.2) is 24.3 Å². The molecule has 0 aromatic heterocycles. The van der Waals surface area contributed by atoms with Gasteiger partial charge in [-0.05, 0) is 12.1 Å². The lowest BCUT2D eigenvalue weighted by Crippen LogP contribution is -2.22. The molecule has 1 aromatic carbocycles. The van der Waals surface area contributed by atoms with E-state index in [-0.39, 0.29) is 0 Å². The Labute approximate surface area is 70.6 Å². The minimum atomic E-state index is -3.73. The number of rotatable bonds is 2. The topological polar surface area (TPSA) is 98.2 Å². The van der Waals surface area contributed by atoms with Crippen LogP contribution in [0.1, 0.15) is 0 Å². The van der Waals surface area contributed by atoms with Gasteiger partial charge >= 0.3 is 0 Å². The SMILES string of the molecule is Nc1ccccc1NS(N)(=O)=O. The maximum atomic E-state index is 10.6. The Bertz CT molecular complexity index is 374. The van der Waals surface area contributed by atoms with Crippen molar-refractivity contribution in [3.05, 3.63) is 24.3 Å². The highest BCUT2D eigenvalue weighted by Crippen LogP contribution is 2.16. The molecule has 5 nitrogen and oxygen atoms in total. The molecular formula is C6H9N3O2S. The summed E-state index contributed by atoms with van der Waals surface area (Å²) in [4.78, 5) is 0. The van der Waals surface area contributed by atoms with Crippen molar-refractivity contribution in [2.24, 2.45) is 5.14 Å². The average Bonchev–Trinajstić information content (AvgIpc) is 1.91. The quantitative estimate of drug-likeness (QED) is 0.563. The average molecular weight is 187 g/mol. The predicted molar refractivity (Wildman–Crippen MR) is 47.6 cm³/mol. The van der Waals surface area contributed by atoms with Gasteiger partial charge in [-0.2, -0.15) is 8.42 Å². The lowest BCUT2D eigenvalue weighted by molar-refractivity contribution is 0.603. The molecule has 6 heteroatoms. The number of nitrogens with two attached hydrogens (primary N) is 2. The molecule has 0 heterocycles. The van der Waals surface area contributed by atoms with E-state index in [1.54, 1.807) is 18.2 Å². The first-order chi connectivity index (χ1) is 5.49. The van der Waals surface area contributed by atoms with E-state index < -0.39 is 10.2 Å². The van der Waals surface area contributed by atoms with Crippen LogP contribution in [0, 0.1) is 0 Å². The van der Waals surface area contributed by atoms with E-state index in [0.29, 0.717) is 11.4 Å². The zero-order chi connectivity index (χ0) is 9.19. The van der Waals surface area contributed by atoms with Crippen molar-refractivity contribution in [2.75, 3.05) is 10.5 Å². The number of para-hydroxylation sites is 2. The van der Waals surface area contributed by atoms with Crippen molar-refractivity contribution >= 4 is 21.6 Å². The van der Waals surface area contributed by atoms with Gasteiger partial charge in [-0.3, -0.25) is 4.72 Å². The van der Waals surface area contributed by atoms with Gasteiger partial charge < -0.3 is 5.73 Å². The molecule has 0 aliphatic rings. The van der Waals surface area contributed by atoms with Crippen LogP contribution in [0.2, 0.25) is 0 Å². The largest absolute Gasteiger partial charge is 0.397 e. The van der Waals surface area contributed by atoms with Crippen molar-refractivity contribution < 1.29 is 8.42 Å². The summed E-state index contributed by atoms with van der Waals surface area (Å²) in [6.45, 7) is 0. The van der Waals surface area contributed by atoms with Crippen LogP contribution in [0.5, 0.6) is 0 Å². The molecule has 0 spiro atoms. The monoisotopic (exact) mass is 187 g/mol. The Balaban J connectivity index is 2.98. The summed E-state index contributed by atoms with van der Waals surface area (Å²) < 4.78 is 23.2. The Morgan fingerprint density at radius 3 is 2.33 bits per heavy atom. The molecule has 0 aliphatic heterocycles. The molecule has 0 saturated heterocycles. The Kier molecular flexibility index (Phi) is 2.20. The number of hydrogen-bond donors (Lipinski definition) is 3. The summed E-state index contributed by atoms with van der Waals surface area (Å²) >= 11 is 0. The normalized spacial score (nSPS) is 11.1. The lowest BCUT2D eigenvalue weighted by atomic mass is 10.3. The van der Waals surface area contributed by atoms with Gasteiger partial charge in [0.05, 0.1) is 11.4 Å². The molecular weight excluding hydrogens is 178 g/mol. The van der Waals surface area contributed by atoms with Crippen molar-refractivity contribution in [1.82, 2.24) is 0 Å². The molecule has 0 saturated carbocycles. The van der Waals surface area contributed by atoms with E-state index in [1.807, 2.05) is 0 Å². The van der Waals surface area contributed by atoms with Crippen LogP contribution in [-0.2, 0) is 10.2 Å². The molecule has 0 fully saturated rings. The molecule has 66 valence electrons. The van der Waals surface area contributed by atoms with E-state index in [1.165, 1.54) is 6.07 Å². The second-order valence-corrected chi connectivity index (χ2v) is 3.53. The standard InChI is InChI=1S/C6H9N3O2S/c7-5-3-1-2-4-6(5)9-12(8,10)11/h1-4,9H,7H2,(H2,8,10,11). The van der Waals surface area contributed by atoms with E-state index in [2.05, 4.69) is 4.72 Å². The number of hydrogen-bond acceptors (Lipinski definition) is 3. The molecule has 12 heavy (non-hydrogen) atoms. The van der Waals surface area contributed by atoms with Crippen LogP contribution in [-0.4, -0.2) is 8.42 Å². The minimum absolute atomic E-state index is 0.292. The van der Waals surface area contributed by atoms with Gasteiger partial charge in [-0.15, -0.1) is 0 Å². The highest BCUT2D eigenvalue weighted by Gasteiger charge is 2.03. The first kappa shape index (κ1) is 8.82. The van der Waals surface area contributed by atoms with E-state index in [9.17, 15) is 8.42 Å². The van der Waals surface area contributed by atoms with Crippen molar-refractivity contribution in [3.63, 3.8) is 0 Å². The third kappa shape index (κ3) is 2.40. The first-order valence-electron chi connectivity index (χ1n) is 3.14. The zero-order valence-corrected chi connectivity index (χ0v) is 7.01. The van der Waals surface area contributed by atoms with Crippen LogP contribution >= 0.6 is 0 Å². The van der Waals surface area contributed by atoms with Gasteiger partial charge in [0, 0.05) is 0 Å². The highest BCUT2D eigenvalue weighted by molar-refractivity contribution is 7.90. The summed E-state index contributed by atoms with van der Waals surface area (Å²) in [7, 11) is -3.73. The Hall–Kier alpha value is -1.27. The molecule has 0 amide bonds. The summed E-state index contributed by atoms with van der Waals surface area (Å²) in [5, 5.41) is 4.74. The Morgan fingerprint density at radius 2 is 1.83 bits per heavy atom. The molecule has 0 bridgehead atoms. The van der Waals surface area contributed by atoms with Crippen LogP contribution in [0.3, 0.4) is 0 Å². The van der Waals surface area contributed by atoms with Crippen LogP contribution in [0.4, 0.5) is 11.4 Å². The van der Waals surface area contributed by atoms with Gasteiger partial charge in [0.15, 0.2) is 0 Å². The summed E-state index contributed by atoms with van der Waals surface area (Å²) in [6.07, 6.45) is 0.